The van der Waals surface area contributed by atoms with Gasteiger partial charge >= 0.3 is 0 Å². The van der Waals surface area contributed by atoms with Crippen molar-refractivity contribution in [3.63, 3.8) is 0 Å². The van der Waals surface area contributed by atoms with Gasteiger partial charge in [-0.1, -0.05) is 13.3 Å². The van der Waals surface area contributed by atoms with Crippen LogP contribution >= 0.6 is 0 Å². The van der Waals surface area contributed by atoms with Crippen LogP contribution in [-0.4, -0.2) is 41.0 Å². The van der Waals surface area contributed by atoms with Gasteiger partial charge in [-0.25, -0.2) is 0 Å². The smallest absolute Gasteiger partial charge is 0.0890 e. The number of hydrogen-bond donors (Lipinski definition) is 0. The van der Waals surface area contributed by atoms with E-state index in [1.807, 2.05) is 0 Å². The van der Waals surface area contributed by atoms with E-state index in [1.165, 1.54) is 19.4 Å². The predicted molar refractivity (Wildman–Crippen MR) is 53.3 cm³/mol. The van der Waals surface area contributed by atoms with E-state index in [4.69, 9.17) is 0 Å². The molecule has 1 aliphatic heterocycles. The first kappa shape index (κ1) is 19.3. The molecule has 0 aromatic heterocycles. The molecular formula is C8H19BrMoN2Si-. The van der Waals surface area contributed by atoms with Crippen LogP contribution in [0.5, 0.6) is 0 Å². The maximum atomic E-state index is 2.34. The summed E-state index contributed by atoms with van der Waals surface area (Å²) in [6, 6.07) is 0. The number of rotatable bonds is 3. The second-order valence-electron chi connectivity index (χ2n) is 2.86. The Kier molecular flexibility index (Phi) is 16.1. The second-order valence-corrected chi connectivity index (χ2v) is 2.86. The zero-order chi connectivity index (χ0) is 7.40. The molecule has 0 aromatic carbocycles. The first-order valence-electron chi connectivity index (χ1n) is 3.95. The fourth-order valence-corrected chi connectivity index (χ4v) is 1.10. The van der Waals surface area contributed by atoms with Gasteiger partial charge in [0, 0.05) is 47.1 Å². The molecule has 1 radical (unpaired) electrons. The third-order valence-corrected chi connectivity index (χ3v) is 1.74. The minimum absolute atomic E-state index is 0. The summed E-state index contributed by atoms with van der Waals surface area (Å²) in [5.74, 6) is 0. The van der Waals surface area contributed by atoms with E-state index in [2.05, 4.69) is 36.2 Å². The first-order chi connectivity index (χ1) is 4.83. The van der Waals surface area contributed by atoms with E-state index in [9.17, 15) is 0 Å². The van der Waals surface area contributed by atoms with Crippen molar-refractivity contribution >= 4 is 11.0 Å². The Balaban J connectivity index is -0.000000333. The zero-order valence-electron chi connectivity index (χ0n) is 8.66. The Labute approximate surface area is 111 Å². The zero-order valence-corrected chi connectivity index (χ0v) is 14.3. The summed E-state index contributed by atoms with van der Waals surface area (Å²) in [5, 5.41) is 0. The van der Waals surface area contributed by atoms with Crippen LogP contribution < -0.4 is 17.0 Å². The van der Waals surface area contributed by atoms with Gasteiger partial charge in [0.25, 0.3) is 0 Å². The van der Waals surface area contributed by atoms with Crippen molar-refractivity contribution in [2.75, 3.05) is 20.3 Å². The molecule has 0 unspecified atom stereocenters. The summed E-state index contributed by atoms with van der Waals surface area (Å²) in [7, 11) is 2.10. The molecule has 1 aliphatic rings. The van der Waals surface area contributed by atoms with Crippen LogP contribution in [0.25, 0.3) is 0 Å². The minimum atomic E-state index is 0. The Hall–Kier alpha value is 0.725. The number of unbranched alkanes of at least 4 members (excludes halogenated alkanes) is 1. The average molecular weight is 347 g/mol. The molecule has 0 aromatic rings. The molecule has 13 heavy (non-hydrogen) atoms. The molecular weight excluding hydrogens is 328 g/mol. The predicted octanol–water partition coefficient (Wildman–Crippen LogP) is -2.72. The van der Waals surface area contributed by atoms with Gasteiger partial charge in [0.2, 0.25) is 0 Å². The third-order valence-electron chi connectivity index (χ3n) is 1.74. The second kappa shape index (κ2) is 10.8. The van der Waals surface area contributed by atoms with Crippen molar-refractivity contribution in [3.05, 3.63) is 12.4 Å². The van der Waals surface area contributed by atoms with Crippen molar-refractivity contribution in [2.45, 2.75) is 19.8 Å². The molecule has 1 heterocycles. The van der Waals surface area contributed by atoms with Crippen LogP contribution in [0.15, 0.2) is 12.4 Å². The van der Waals surface area contributed by atoms with Crippen LogP contribution in [0.3, 0.4) is 0 Å². The SMILES string of the molecule is CCCCN1C=CN(C)C1.[Br-].[Mo].[SiH3]. The maximum absolute atomic E-state index is 2.34. The molecule has 0 saturated carbocycles. The summed E-state index contributed by atoms with van der Waals surface area (Å²) in [6.07, 6.45) is 6.87. The molecule has 0 aliphatic carbocycles. The van der Waals surface area contributed by atoms with Crippen LogP contribution in [0, 0.1) is 0 Å². The van der Waals surface area contributed by atoms with Crippen LogP contribution in [0.1, 0.15) is 19.8 Å². The Morgan fingerprint density at radius 2 is 1.92 bits per heavy atom. The molecule has 0 bridgehead atoms. The van der Waals surface area contributed by atoms with Gasteiger partial charge in [-0.05, 0) is 17.4 Å². The third kappa shape index (κ3) is 7.77. The fraction of sp³-hybridized carbons (Fsp3) is 0.750. The molecule has 0 spiro atoms. The summed E-state index contributed by atoms with van der Waals surface area (Å²) < 4.78 is 0. The molecule has 2 nitrogen and oxygen atoms in total. The van der Waals surface area contributed by atoms with Crippen molar-refractivity contribution in [3.8, 4) is 0 Å². The van der Waals surface area contributed by atoms with E-state index in [1.54, 1.807) is 0 Å². The van der Waals surface area contributed by atoms with Gasteiger partial charge in [0.1, 0.15) is 0 Å². The molecule has 0 N–H and O–H groups in total. The van der Waals surface area contributed by atoms with Crippen LogP contribution in [0.2, 0.25) is 0 Å². The molecule has 1 rings (SSSR count). The van der Waals surface area contributed by atoms with Gasteiger partial charge in [-0.2, -0.15) is 0 Å². The number of nitrogens with zero attached hydrogens (tertiary/aromatic N) is 2. The summed E-state index contributed by atoms with van der Waals surface area (Å²) in [5.41, 5.74) is 0. The van der Waals surface area contributed by atoms with Gasteiger partial charge in [-0.3, -0.25) is 0 Å². The summed E-state index contributed by atoms with van der Waals surface area (Å²) in [6.45, 7) is 4.50. The van der Waals surface area contributed by atoms with E-state index in [0.29, 0.717) is 0 Å². The van der Waals surface area contributed by atoms with Gasteiger partial charge in [-0.15, -0.1) is 0 Å². The number of halogens is 1. The minimum Gasteiger partial charge on any atom is -1.00 e. The van der Waals surface area contributed by atoms with Gasteiger partial charge in [0.15, 0.2) is 0 Å². The topological polar surface area (TPSA) is 6.48 Å². The maximum Gasteiger partial charge on any atom is 0.0890 e. The van der Waals surface area contributed by atoms with E-state index in [0.717, 1.165) is 6.67 Å². The molecule has 5 heteroatoms. The summed E-state index contributed by atoms with van der Waals surface area (Å²) in [4.78, 5) is 4.53. The largest absolute Gasteiger partial charge is 1.00 e. The van der Waals surface area contributed by atoms with Gasteiger partial charge < -0.3 is 26.8 Å². The average Bonchev–Trinajstić information content (AvgIpc) is 2.31. The fourth-order valence-electron chi connectivity index (χ4n) is 1.10. The molecule has 79 valence electrons. The van der Waals surface area contributed by atoms with E-state index < -0.39 is 0 Å². The molecule has 0 fully saturated rings. The quantitative estimate of drug-likeness (QED) is 0.512. The van der Waals surface area contributed by atoms with Crippen molar-refractivity contribution in [1.82, 2.24) is 9.80 Å². The standard InChI is InChI=1S/C8H16N2.BrH.Mo.H3Si/c1-3-4-5-10-7-6-9(2)8-10;;;/h6-7H,3-5,8H2,1-2H3;1H;;1H3/p-1. The van der Waals surface area contributed by atoms with Crippen LogP contribution in [0.4, 0.5) is 0 Å². The van der Waals surface area contributed by atoms with Crippen LogP contribution in [-0.2, 0) is 21.1 Å². The van der Waals surface area contributed by atoms with E-state index >= 15 is 0 Å². The Morgan fingerprint density at radius 1 is 1.31 bits per heavy atom. The van der Waals surface area contributed by atoms with Gasteiger partial charge in [0.05, 0.1) is 6.67 Å². The molecule has 0 atom stereocenters. The van der Waals surface area contributed by atoms with Crippen molar-refractivity contribution < 1.29 is 38.0 Å². The molecule has 0 saturated heterocycles. The summed E-state index contributed by atoms with van der Waals surface area (Å²) >= 11 is 0. The normalized spacial score (nSPS) is 13.1. The number of hydrogen-bond acceptors (Lipinski definition) is 2. The first-order valence-corrected chi connectivity index (χ1v) is 3.95. The van der Waals surface area contributed by atoms with Crippen molar-refractivity contribution in [1.29, 1.82) is 0 Å². The Bertz CT molecular complexity index is 135. The Morgan fingerprint density at radius 3 is 2.31 bits per heavy atom. The molecule has 0 amide bonds. The monoisotopic (exact) mass is 348 g/mol. The van der Waals surface area contributed by atoms with E-state index in [-0.39, 0.29) is 49.0 Å². The van der Waals surface area contributed by atoms with Crippen molar-refractivity contribution in [2.24, 2.45) is 0 Å².